The maximum atomic E-state index is 12.2. The van der Waals surface area contributed by atoms with Crippen molar-refractivity contribution in [2.24, 2.45) is 0 Å². The molecule has 0 saturated carbocycles. The van der Waals surface area contributed by atoms with Crippen molar-refractivity contribution in [2.45, 2.75) is 18.1 Å². The van der Waals surface area contributed by atoms with Gasteiger partial charge in [-0.1, -0.05) is 24.3 Å². The number of para-hydroxylation sites is 1. The number of nitrogens with one attached hydrogen (secondary N) is 1. The van der Waals surface area contributed by atoms with Crippen LogP contribution in [0.4, 0.5) is 14.5 Å². The number of anilines is 1. The van der Waals surface area contributed by atoms with Crippen LogP contribution in [0, 0.1) is 0 Å². The van der Waals surface area contributed by atoms with E-state index in [1.807, 2.05) is 24.3 Å². The van der Waals surface area contributed by atoms with E-state index in [1.165, 1.54) is 28.8 Å². The van der Waals surface area contributed by atoms with Crippen LogP contribution >= 0.6 is 11.8 Å². The first kappa shape index (κ1) is 18.2. The lowest BCUT2D eigenvalue weighted by Gasteiger charge is -2.28. The van der Waals surface area contributed by atoms with E-state index >= 15 is 0 Å². The van der Waals surface area contributed by atoms with Gasteiger partial charge in [-0.3, -0.25) is 9.59 Å². The second-order valence-corrected chi connectivity index (χ2v) is 6.55. The van der Waals surface area contributed by atoms with Crippen molar-refractivity contribution in [3.05, 3.63) is 54.1 Å². The Kier molecular flexibility index (Phi) is 5.72. The summed E-state index contributed by atoms with van der Waals surface area (Å²) in [6.07, 6.45) is 0. The molecule has 0 aromatic heterocycles. The van der Waals surface area contributed by atoms with Crippen molar-refractivity contribution >= 4 is 29.3 Å². The lowest BCUT2D eigenvalue weighted by Crippen LogP contribution is -2.43. The average molecular weight is 378 g/mol. The minimum absolute atomic E-state index is 0.0584. The smallest absolute Gasteiger partial charge is 0.387 e. The van der Waals surface area contributed by atoms with Gasteiger partial charge in [0.25, 0.3) is 0 Å². The second-order valence-electron chi connectivity index (χ2n) is 5.54. The Bertz CT molecular complexity index is 799. The molecule has 136 valence electrons. The molecule has 26 heavy (non-hydrogen) atoms. The molecule has 0 radical (unpaired) electrons. The van der Waals surface area contributed by atoms with Crippen LogP contribution in [0.15, 0.2) is 53.4 Å². The Morgan fingerprint density at radius 3 is 2.65 bits per heavy atom. The molecule has 3 rings (SSSR count). The maximum Gasteiger partial charge on any atom is 0.387 e. The molecule has 1 aliphatic rings. The normalized spacial score (nSPS) is 13.5. The average Bonchev–Trinajstić information content (AvgIpc) is 2.63. The Morgan fingerprint density at radius 2 is 1.92 bits per heavy atom. The summed E-state index contributed by atoms with van der Waals surface area (Å²) in [5, 5.41) is 2.73. The highest BCUT2D eigenvalue weighted by Crippen LogP contribution is 2.34. The quantitative estimate of drug-likeness (QED) is 0.840. The minimum atomic E-state index is -2.87. The molecule has 1 heterocycles. The molecule has 1 N–H and O–H groups in total. The fraction of sp³-hybridized carbons (Fsp3) is 0.222. The molecule has 0 unspecified atom stereocenters. The van der Waals surface area contributed by atoms with Gasteiger partial charge in [-0.15, -0.1) is 11.8 Å². The number of alkyl halides is 2. The molecule has 5 nitrogen and oxygen atoms in total. The molecule has 0 bridgehead atoms. The number of amides is 2. The summed E-state index contributed by atoms with van der Waals surface area (Å²) in [6, 6.07) is 13.5. The summed E-state index contributed by atoms with van der Waals surface area (Å²) in [4.78, 5) is 26.8. The number of rotatable bonds is 6. The molecular weight excluding hydrogens is 362 g/mol. The number of benzene rings is 2. The van der Waals surface area contributed by atoms with Crippen molar-refractivity contribution in [1.82, 2.24) is 5.32 Å². The van der Waals surface area contributed by atoms with Crippen molar-refractivity contribution in [3.8, 4) is 5.75 Å². The number of nitrogens with zero attached hydrogens (tertiary/aromatic N) is 1. The number of fused-ring (bicyclic) bond motifs is 1. The van der Waals surface area contributed by atoms with E-state index in [2.05, 4.69) is 10.1 Å². The van der Waals surface area contributed by atoms with Gasteiger partial charge in [0, 0.05) is 11.4 Å². The summed E-state index contributed by atoms with van der Waals surface area (Å²) in [5.41, 5.74) is 1.47. The van der Waals surface area contributed by atoms with Gasteiger partial charge in [-0.2, -0.15) is 8.78 Å². The number of carbonyl (C=O) groups is 2. The zero-order valence-electron chi connectivity index (χ0n) is 13.7. The SMILES string of the molecule is O=C(CN1C(=O)CSc2ccccc21)NCc1ccc(OC(F)F)cc1. The third kappa shape index (κ3) is 4.51. The van der Waals surface area contributed by atoms with Crippen molar-refractivity contribution in [1.29, 1.82) is 0 Å². The van der Waals surface area contributed by atoms with E-state index in [0.29, 0.717) is 5.75 Å². The monoisotopic (exact) mass is 378 g/mol. The predicted molar refractivity (Wildman–Crippen MR) is 94.4 cm³/mol. The van der Waals surface area contributed by atoms with Crippen LogP contribution in [0.2, 0.25) is 0 Å². The van der Waals surface area contributed by atoms with Crippen LogP contribution in [0.5, 0.6) is 5.75 Å². The molecule has 2 amide bonds. The molecule has 8 heteroatoms. The Hall–Kier alpha value is -2.61. The first-order chi connectivity index (χ1) is 12.5. The molecular formula is C18H16F2N2O3S. The molecule has 0 saturated heterocycles. The molecule has 0 spiro atoms. The fourth-order valence-electron chi connectivity index (χ4n) is 2.52. The number of halogens is 2. The topological polar surface area (TPSA) is 58.6 Å². The van der Waals surface area contributed by atoms with Gasteiger partial charge in [0.2, 0.25) is 11.8 Å². The molecule has 0 aliphatic carbocycles. The predicted octanol–water partition coefficient (Wildman–Crippen LogP) is 3.04. The Balaban J connectivity index is 1.57. The van der Waals surface area contributed by atoms with Crippen LogP contribution in [0.1, 0.15) is 5.56 Å². The van der Waals surface area contributed by atoms with E-state index in [0.717, 1.165) is 16.1 Å². The highest BCUT2D eigenvalue weighted by molar-refractivity contribution is 8.00. The van der Waals surface area contributed by atoms with Gasteiger partial charge in [0.15, 0.2) is 0 Å². The fourth-order valence-corrected chi connectivity index (χ4v) is 3.45. The highest BCUT2D eigenvalue weighted by atomic mass is 32.2. The van der Waals surface area contributed by atoms with E-state index in [-0.39, 0.29) is 30.7 Å². The lowest BCUT2D eigenvalue weighted by atomic mass is 10.2. The Morgan fingerprint density at radius 1 is 1.19 bits per heavy atom. The summed E-state index contributed by atoms with van der Waals surface area (Å²) in [7, 11) is 0. The number of hydrogen-bond donors (Lipinski definition) is 1. The van der Waals surface area contributed by atoms with Crippen LogP contribution < -0.4 is 15.0 Å². The molecule has 2 aromatic carbocycles. The first-order valence-corrected chi connectivity index (χ1v) is 8.84. The second kappa shape index (κ2) is 8.18. The number of ether oxygens (including phenoxy) is 1. The van der Waals surface area contributed by atoms with Crippen molar-refractivity contribution < 1.29 is 23.1 Å². The Labute approximate surface area is 153 Å². The molecule has 1 aliphatic heterocycles. The van der Waals surface area contributed by atoms with E-state index in [9.17, 15) is 18.4 Å². The van der Waals surface area contributed by atoms with Crippen LogP contribution in [-0.4, -0.2) is 30.7 Å². The lowest BCUT2D eigenvalue weighted by molar-refractivity contribution is -0.123. The number of carbonyl (C=O) groups excluding carboxylic acids is 2. The molecule has 0 atom stereocenters. The third-order valence-electron chi connectivity index (χ3n) is 3.75. The summed E-state index contributed by atoms with van der Waals surface area (Å²) >= 11 is 1.46. The van der Waals surface area contributed by atoms with E-state index < -0.39 is 6.61 Å². The van der Waals surface area contributed by atoms with Gasteiger partial charge in [-0.25, -0.2) is 0 Å². The zero-order valence-corrected chi connectivity index (χ0v) is 14.5. The zero-order chi connectivity index (χ0) is 18.5. The number of thioether (sulfide) groups is 1. The minimum Gasteiger partial charge on any atom is -0.435 e. The van der Waals surface area contributed by atoms with Crippen molar-refractivity contribution in [3.63, 3.8) is 0 Å². The largest absolute Gasteiger partial charge is 0.435 e. The maximum absolute atomic E-state index is 12.2. The molecule has 0 fully saturated rings. The van der Waals surface area contributed by atoms with Gasteiger partial charge in [-0.05, 0) is 29.8 Å². The van der Waals surface area contributed by atoms with Gasteiger partial charge in [0.1, 0.15) is 12.3 Å². The highest BCUT2D eigenvalue weighted by Gasteiger charge is 2.26. The van der Waals surface area contributed by atoms with Crippen LogP contribution in [-0.2, 0) is 16.1 Å². The summed E-state index contributed by atoms with van der Waals surface area (Å²) in [5.74, 6) is -0.0518. The standard InChI is InChI=1S/C18H16F2N2O3S/c19-18(20)25-13-7-5-12(6-8-13)9-21-16(23)10-22-14-3-1-2-4-15(14)26-11-17(22)24/h1-8,18H,9-11H2,(H,21,23). The third-order valence-corrected chi connectivity index (χ3v) is 4.80. The van der Waals surface area contributed by atoms with Crippen LogP contribution in [0.3, 0.4) is 0 Å². The van der Waals surface area contributed by atoms with Crippen LogP contribution in [0.25, 0.3) is 0 Å². The van der Waals surface area contributed by atoms with E-state index in [1.54, 1.807) is 12.1 Å². The molecule has 2 aromatic rings. The van der Waals surface area contributed by atoms with E-state index in [4.69, 9.17) is 0 Å². The van der Waals surface area contributed by atoms with Gasteiger partial charge >= 0.3 is 6.61 Å². The first-order valence-electron chi connectivity index (χ1n) is 7.85. The van der Waals surface area contributed by atoms with Crippen molar-refractivity contribution in [2.75, 3.05) is 17.2 Å². The van der Waals surface area contributed by atoms with Gasteiger partial charge in [0.05, 0.1) is 11.4 Å². The summed E-state index contributed by atoms with van der Waals surface area (Å²) < 4.78 is 28.5. The number of hydrogen-bond acceptors (Lipinski definition) is 4. The van der Waals surface area contributed by atoms with Gasteiger partial charge < -0.3 is 15.0 Å². The summed E-state index contributed by atoms with van der Waals surface area (Å²) in [6.45, 7) is -2.71.